The average molecular weight is 303 g/mol. The Balaban J connectivity index is 1.93. The minimum Gasteiger partial charge on any atom is -0.384 e. The van der Waals surface area contributed by atoms with Gasteiger partial charge in [0.15, 0.2) is 8.68 Å². The Bertz CT molecular complexity index is 486. The number of hydrogen-bond acceptors (Lipinski definition) is 9. The van der Waals surface area contributed by atoms with Crippen LogP contribution in [-0.4, -0.2) is 39.8 Å². The number of aromatic nitrogens is 4. The second-order valence-electron chi connectivity index (χ2n) is 3.22. The molecule has 0 atom stereocenters. The molecule has 0 aromatic carbocycles. The minimum atomic E-state index is 0.643. The first-order valence-corrected chi connectivity index (χ1v) is 7.79. The first kappa shape index (κ1) is 13.7. The molecule has 0 radical (unpaired) electrons. The van der Waals surface area contributed by atoms with E-state index in [-0.39, 0.29) is 0 Å². The zero-order valence-corrected chi connectivity index (χ0v) is 12.5. The van der Waals surface area contributed by atoms with Gasteiger partial charge in [-0.25, -0.2) is 4.98 Å². The largest absolute Gasteiger partial charge is 0.384 e. The Morgan fingerprint density at radius 3 is 3.00 bits per heavy atom. The number of anilines is 1. The molecule has 98 valence electrons. The lowest BCUT2D eigenvalue weighted by molar-refractivity contribution is 0.200. The van der Waals surface area contributed by atoms with Gasteiger partial charge in [0.25, 0.3) is 0 Å². The van der Waals surface area contributed by atoms with Crippen LogP contribution in [0, 0.1) is 0 Å². The average Bonchev–Trinajstić information content (AvgIpc) is 2.98. The molecule has 0 bridgehead atoms. The molecule has 0 aliphatic rings. The van der Waals surface area contributed by atoms with E-state index in [9.17, 15) is 0 Å². The van der Waals surface area contributed by atoms with E-state index in [2.05, 4.69) is 24.9 Å². The summed E-state index contributed by atoms with van der Waals surface area (Å²) in [7, 11) is 1.67. The van der Waals surface area contributed by atoms with Crippen molar-refractivity contribution in [3.63, 3.8) is 0 Å². The van der Waals surface area contributed by atoms with Gasteiger partial charge in [0.05, 0.1) is 6.61 Å². The molecule has 2 rings (SSSR count). The fourth-order valence-corrected chi connectivity index (χ4v) is 3.81. The SMILES string of the molecule is CCNc1nnc(Sc2nc(CCOC)ns2)s1. The molecule has 1 N–H and O–H groups in total. The van der Waals surface area contributed by atoms with Crippen molar-refractivity contribution in [3.05, 3.63) is 5.82 Å². The van der Waals surface area contributed by atoms with E-state index in [0.717, 1.165) is 32.6 Å². The van der Waals surface area contributed by atoms with E-state index in [4.69, 9.17) is 4.74 Å². The molecule has 2 aromatic heterocycles. The molecular formula is C9H13N5OS3. The highest BCUT2D eigenvalue weighted by molar-refractivity contribution is 8.02. The van der Waals surface area contributed by atoms with E-state index in [1.165, 1.54) is 34.6 Å². The smallest absolute Gasteiger partial charge is 0.206 e. The second kappa shape index (κ2) is 6.98. The monoisotopic (exact) mass is 303 g/mol. The van der Waals surface area contributed by atoms with Crippen LogP contribution in [0.15, 0.2) is 8.68 Å². The van der Waals surface area contributed by atoms with E-state index in [1.54, 1.807) is 7.11 Å². The van der Waals surface area contributed by atoms with Crippen LogP contribution in [0.2, 0.25) is 0 Å². The summed E-state index contributed by atoms with van der Waals surface area (Å²) in [6, 6.07) is 0. The normalized spacial score (nSPS) is 10.8. The Hall–Kier alpha value is -0.770. The molecule has 2 heterocycles. The minimum absolute atomic E-state index is 0.643. The topological polar surface area (TPSA) is 72.8 Å². The van der Waals surface area contributed by atoms with Crippen molar-refractivity contribution in [1.82, 2.24) is 19.6 Å². The van der Waals surface area contributed by atoms with Crippen molar-refractivity contribution in [1.29, 1.82) is 0 Å². The second-order valence-corrected chi connectivity index (χ2v) is 6.45. The van der Waals surface area contributed by atoms with Gasteiger partial charge in [-0.1, -0.05) is 11.3 Å². The molecule has 9 heteroatoms. The molecule has 0 saturated carbocycles. The van der Waals surface area contributed by atoms with Gasteiger partial charge < -0.3 is 10.1 Å². The van der Waals surface area contributed by atoms with Crippen LogP contribution in [0.4, 0.5) is 5.13 Å². The lowest BCUT2D eigenvalue weighted by Gasteiger charge is -1.92. The third kappa shape index (κ3) is 3.87. The number of rotatable bonds is 7. The highest BCUT2D eigenvalue weighted by Gasteiger charge is 2.10. The Kier molecular flexibility index (Phi) is 5.29. The van der Waals surface area contributed by atoms with Crippen molar-refractivity contribution in [2.75, 3.05) is 25.6 Å². The van der Waals surface area contributed by atoms with Crippen molar-refractivity contribution in [2.24, 2.45) is 0 Å². The van der Waals surface area contributed by atoms with Crippen molar-refractivity contribution in [3.8, 4) is 0 Å². The molecule has 6 nitrogen and oxygen atoms in total. The lowest BCUT2D eigenvalue weighted by atomic mass is 10.4. The van der Waals surface area contributed by atoms with Gasteiger partial charge >= 0.3 is 0 Å². The molecule has 18 heavy (non-hydrogen) atoms. The highest BCUT2D eigenvalue weighted by Crippen LogP contribution is 2.32. The summed E-state index contributed by atoms with van der Waals surface area (Å²) in [5.41, 5.74) is 0. The molecule has 0 spiro atoms. The van der Waals surface area contributed by atoms with E-state index >= 15 is 0 Å². The summed E-state index contributed by atoms with van der Waals surface area (Å²) in [4.78, 5) is 4.41. The van der Waals surface area contributed by atoms with Crippen LogP contribution < -0.4 is 5.32 Å². The van der Waals surface area contributed by atoms with Crippen LogP contribution in [0.5, 0.6) is 0 Å². The summed E-state index contributed by atoms with van der Waals surface area (Å²) in [5, 5.41) is 12.1. The first-order chi connectivity index (χ1) is 8.81. The van der Waals surface area contributed by atoms with Gasteiger partial charge in [-0.05, 0) is 30.2 Å². The first-order valence-electron chi connectivity index (χ1n) is 5.38. The van der Waals surface area contributed by atoms with E-state index in [0.29, 0.717) is 6.61 Å². The number of nitrogens with one attached hydrogen (secondary N) is 1. The fraction of sp³-hybridized carbons (Fsp3) is 0.556. The Morgan fingerprint density at radius 1 is 1.33 bits per heavy atom. The molecule has 0 amide bonds. The van der Waals surface area contributed by atoms with Gasteiger partial charge in [-0.3, -0.25) is 0 Å². The van der Waals surface area contributed by atoms with Crippen molar-refractivity contribution >= 4 is 39.8 Å². The number of nitrogens with zero attached hydrogens (tertiary/aromatic N) is 4. The molecular weight excluding hydrogens is 290 g/mol. The number of methoxy groups -OCH3 is 1. The zero-order chi connectivity index (χ0) is 12.8. The third-order valence-corrected chi connectivity index (χ3v) is 4.61. The van der Waals surface area contributed by atoms with Crippen molar-refractivity contribution < 1.29 is 4.74 Å². The standard InChI is InChI=1S/C9H13N5OS3/c1-3-10-7-12-13-9(16-7)17-8-11-6(14-18-8)4-5-15-2/h3-5H2,1-2H3,(H,10,12). The Morgan fingerprint density at radius 2 is 2.22 bits per heavy atom. The molecule has 0 saturated heterocycles. The summed E-state index contributed by atoms with van der Waals surface area (Å²) in [5.74, 6) is 0.820. The van der Waals surface area contributed by atoms with E-state index in [1.807, 2.05) is 6.92 Å². The summed E-state index contributed by atoms with van der Waals surface area (Å²) >= 11 is 4.40. The molecule has 0 aliphatic heterocycles. The maximum atomic E-state index is 4.99. The summed E-state index contributed by atoms with van der Waals surface area (Å²) < 4.78 is 11.0. The van der Waals surface area contributed by atoms with Gasteiger partial charge in [-0.2, -0.15) is 4.37 Å². The van der Waals surface area contributed by atoms with Gasteiger partial charge in [0.1, 0.15) is 5.82 Å². The van der Waals surface area contributed by atoms with Gasteiger partial charge in [-0.15, -0.1) is 10.2 Å². The maximum absolute atomic E-state index is 4.99. The van der Waals surface area contributed by atoms with Crippen LogP contribution in [0.25, 0.3) is 0 Å². The lowest BCUT2D eigenvalue weighted by Crippen LogP contribution is -1.95. The van der Waals surface area contributed by atoms with Crippen LogP contribution >= 0.6 is 34.6 Å². The molecule has 0 aliphatic carbocycles. The van der Waals surface area contributed by atoms with E-state index < -0.39 is 0 Å². The third-order valence-electron chi connectivity index (χ3n) is 1.89. The fourth-order valence-electron chi connectivity index (χ4n) is 1.12. The molecule has 0 fully saturated rings. The maximum Gasteiger partial charge on any atom is 0.206 e. The molecule has 2 aromatic rings. The van der Waals surface area contributed by atoms with Gasteiger partial charge in [0, 0.05) is 20.1 Å². The number of hydrogen-bond donors (Lipinski definition) is 1. The quantitative estimate of drug-likeness (QED) is 0.840. The highest BCUT2D eigenvalue weighted by atomic mass is 32.2. The molecule has 0 unspecified atom stereocenters. The zero-order valence-electron chi connectivity index (χ0n) is 10.0. The van der Waals surface area contributed by atoms with Crippen LogP contribution in [-0.2, 0) is 11.2 Å². The predicted molar refractivity (Wildman–Crippen MR) is 73.7 cm³/mol. The summed E-state index contributed by atoms with van der Waals surface area (Å²) in [6.45, 7) is 3.52. The predicted octanol–water partition coefficient (Wildman–Crippen LogP) is 2.16. The van der Waals surface area contributed by atoms with Gasteiger partial charge in [0.2, 0.25) is 5.13 Å². The Labute approximate surface area is 117 Å². The summed E-state index contributed by atoms with van der Waals surface area (Å²) in [6.07, 6.45) is 0.742. The number of ether oxygens (including phenoxy) is 1. The van der Waals surface area contributed by atoms with Crippen molar-refractivity contribution in [2.45, 2.75) is 22.0 Å². The van der Waals surface area contributed by atoms with Crippen LogP contribution in [0.1, 0.15) is 12.7 Å². The van der Waals surface area contributed by atoms with Crippen LogP contribution in [0.3, 0.4) is 0 Å².